The molecule has 0 aromatic carbocycles. The highest BCUT2D eigenvalue weighted by Crippen LogP contribution is 2.32. The van der Waals surface area contributed by atoms with E-state index in [1.807, 2.05) is 13.2 Å². The smallest absolute Gasteiger partial charge is 0.0967 e. The highest BCUT2D eigenvalue weighted by Gasteiger charge is 2.37. The molecule has 1 aliphatic heterocycles. The molecule has 1 atom stereocenters. The summed E-state index contributed by atoms with van der Waals surface area (Å²) < 4.78 is 1.80. The molecule has 1 aromatic rings. The first-order valence-corrected chi connectivity index (χ1v) is 8.38. The summed E-state index contributed by atoms with van der Waals surface area (Å²) in [6.07, 6.45) is 9.07. The van der Waals surface area contributed by atoms with E-state index in [1.165, 1.54) is 32.1 Å². The summed E-state index contributed by atoms with van der Waals surface area (Å²) in [5.41, 5.74) is 1.28. The Bertz CT molecular complexity index is 461. The third-order valence-electron chi connectivity index (χ3n) is 5.07. The van der Waals surface area contributed by atoms with E-state index >= 15 is 0 Å². The van der Waals surface area contributed by atoms with Crippen LogP contribution in [0, 0.1) is 5.92 Å². The normalized spacial score (nSPS) is 27.9. The monoisotopic (exact) mass is 291 g/mol. The van der Waals surface area contributed by atoms with E-state index in [4.69, 9.17) is 0 Å². The number of aromatic nitrogens is 3. The molecule has 0 amide bonds. The molecular formula is C16H29N5. The van der Waals surface area contributed by atoms with Crippen LogP contribution in [-0.2, 0) is 13.6 Å². The van der Waals surface area contributed by atoms with E-state index in [1.54, 1.807) is 4.68 Å². The summed E-state index contributed by atoms with van der Waals surface area (Å²) in [5, 5.41) is 12.1. The zero-order valence-electron chi connectivity index (χ0n) is 13.7. The van der Waals surface area contributed by atoms with Crippen LogP contribution in [0.25, 0.3) is 0 Å². The zero-order valence-corrected chi connectivity index (χ0v) is 13.7. The first-order valence-electron chi connectivity index (χ1n) is 8.38. The molecule has 1 saturated heterocycles. The second-order valence-electron chi connectivity index (χ2n) is 7.52. The van der Waals surface area contributed by atoms with Gasteiger partial charge in [-0.2, -0.15) is 0 Å². The topological polar surface area (TPSA) is 46.0 Å². The van der Waals surface area contributed by atoms with E-state index in [9.17, 15) is 0 Å². The van der Waals surface area contributed by atoms with Gasteiger partial charge in [-0.3, -0.25) is 9.58 Å². The zero-order chi connectivity index (χ0) is 14.9. The minimum absolute atomic E-state index is 0.188. The summed E-state index contributed by atoms with van der Waals surface area (Å²) in [5.74, 6) is 0.846. The van der Waals surface area contributed by atoms with Crippen molar-refractivity contribution in [1.82, 2.24) is 25.2 Å². The fraction of sp³-hybridized carbons (Fsp3) is 0.875. The van der Waals surface area contributed by atoms with Crippen molar-refractivity contribution in [2.45, 2.75) is 64.1 Å². The maximum Gasteiger partial charge on any atom is 0.0967 e. The molecule has 1 saturated carbocycles. The second kappa shape index (κ2) is 6.05. The summed E-state index contributed by atoms with van der Waals surface area (Å²) in [6, 6.07) is 0.653. The van der Waals surface area contributed by atoms with Crippen molar-refractivity contribution in [3.8, 4) is 0 Å². The number of piperazine rings is 1. The SMILES string of the molecule is Cn1cc(CN2CC(C)(C)NCC2C2CCCCC2)nn1. The van der Waals surface area contributed by atoms with Crippen molar-refractivity contribution in [2.75, 3.05) is 13.1 Å². The molecule has 0 radical (unpaired) electrons. The maximum absolute atomic E-state index is 4.29. The van der Waals surface area contributed by atoms with Crippen molar-refractivity contribution in [2.24, 2.45) is 13.0 Å². The number of nitrogens with one attached hydrogen (secondary N) is 1. The van der Waals surface area contributed by atoms with Crippen LogP contribution >= 0.6 is 0 Å². The third-order valence-corrected chi connectivity index (χ3v) is 5.07. The molecule has 2 aliphatic rings. The molecular weight excluding hydrogens is 262 g/mol. The van der Waals surface area contributed by atoms with E-state index in [-0.39, 0.29) is 5.54 Å². The summed E-state index contributed by atoms with van der Waals surface area (Å²) in [6.45, 7) is 7.73. The van der Waals surface area contributed by atoms with Crippen molar-refractivity contribution < 1.29 is 0 Å². The van der Waals surface area contributed by atoms with Crippen LogP contribution in [0.2, 0.25) is 0 Å². The maximum atomic E-state index is 4.29. The molecule has 2 heterocycles. The van der Waals surface area contributed by atoms with Gasteiger partial charge in [-0.15, -0.1) is 5.10 Å². The van der Waals surface area contributed by atoms with Crippen molar-refractivity contribution in [3.63, 3.8) is 0 Å². The quantitative estimate of drug-likeness (QED) is 0.924. The second-order valence-corrected chi connectivity index (χ2v) is 7.52. The largest absolute Gasteiger partial charge is 0.309 e. The molecule has 3 rings (SSSR count). The van der Waals surface area contributed by atoms with Gasteiger partial charge in [0.25, 0.3) is 0 Å². The van der Waals surface area contributed by atoms with Crippen LogP contribution in [0.1, 0.15) is 51.6 Å². The van der Waals surface area contributed by atoms with E-state index in [0.717, 1.165) is 31.2 Å². The van der Waals surface area contributed by atoms with Gasteiger partial charge in [0, 0.05) is 44.5 Å². The van der Waals surface area contributed by atoms with E-state index < -0.39 is 0 Å². The summed E-state index contributed by atoms with van der Waals surface area (Å²) in [4.78, 5) is 2.65. The van der Waals surface area contributed by atoms with Gasteiger partial charge in [0.15, 0.2) is 0 Å². The molecule has 0 spiro atoms. The predicted molar refractivity (Wildman–Crippen MR) is 83.9 cm³/mol. The standard InChI is InChI=1S/C16H29N5/c1-16(2)12-21(11-14-10-20(3)19-18-14)15(9-17-16)13-7-5-4-6-8-13/h10,13,15,17H,4-9,11-12H2,1-3H3. The molecule has 0 bridgehead atoms. The van der Waals surface area contributed by atoms with Gasteiger partial charge in [-0.25, -0.2) is 0 Å². The Morgan fingerprint density at radius 2 is 2.05 bits per heavy atom. The number of hydrogen-bond acceptors (Lipinski definition) is 4. The molecule has 1 aliphatic carbocycles. The Kier molecular flexibility index (Phi) is 4.31. The first kappa shape index (κ1) is 15.0. The molecule has 118 valence electrons. The Hall–Kier alpha value is -0.940. The van der Waals surface area contributed by atoms with Gasteiger partial charge >= 0.3 is 0 Å². The lowest BCUT2D eigenvalue weighted by Gasteiger charge is -2.48. The van der Waals surface area contributed by atoms with Gasteiger partial charge < -0.3 is 5.32 Å². The van der Waals surface area contributed by atoms with Crippen molar-refractivity contribution >= 4 is 0 Å². The lowest BCUT2D eigenvalue weighted by molar-refractivity contribution is 0.0409. The minimum atomic E-state index is 0.188. The average molecular weight is 291 g/mol. The molecule has 21 heavy (non-hydrogen) atoms. The van der Waals surface area contributed by atoms with Gasteiger partial charge in [0.2, 0.25) is 0 Å². The Morgan fingerprint density at radius 1 is 1.29 bits per heavy atom. The van der Waals surface area contributed by atoms with Crippen molar-refractivity contribution in [1.29, 1.82) is 0 Å². The Morgan fingerprint density at radius 3 is 2.71 bits per heavy atom. The lowest BCUT2D eigenvalue weighted by Crippen LogP contribution is -2.63. The fourth-order valence-electron chi connectivity index (χ4n) is 4.02. The molecule has 1 aromatic heterocycles. The van der Waals surface area contributed by atoms with Crippen LogP contribution in [0.3, 0.4) is 0 Å². The average Bonchev–Trinajstić information content (AvgIpc) is 2.84. The predicted octanol–water partition coefficient (Wildman–Crippen LogP) is 1.95. The van der Waals surface area contributed by atoms with Crippen molar-refractivity contribution in [3.05, 3.63) is 11.9 Å². The number of rotatable bonds is 3. The van der Waals surface area contributed by atoms with Crippen LogP contribution in [0.15, 0.2) is 6.20 Å². The molecule has 1 unspecified atom stereocenters. The third kappa shape index (κ3) is 3.64. The molecule has 1 N–H and O–H groups in total. The lowest BCUT2D eigenvalue weighted by atomic mass is 9.81. The fourth-order valence-corrected chi connectivity index (χ4v) is 4.02. The Balaban J connectivity index is 1.73. The van der Waals surface area contributed by atoms with Crippen LogP contribution in [-0.4, -0.2) is 44.6 Å². The minimum Gasteiger partial charge on any atom is -0.309 e. The number of nitrogens with zero attached hydrogens (tertiary/aromatic N) is 4. The highest BCUT2D eigenvalue weighted by atomic mass is 15.4. The first-order chi connectivity index (χ1) is 10.0. The van der Waals surface area contributed by atoms with E-state index in [2.05, 4.69) is 34.4 Å². The molecule has 5 heteroatoms. The van der Waals surface area contributed by atoms with Gasteiger partial charge in [-0.05, 0) is 32.6 Å². The van der Waals surface area contributed by atoms with Crippen LogP contribution in [0.4, 0.5) is 0 Å². The Labute approximate surface area is 128 Å². The molecule has 5 nitrogen and oxygen atoms in total. The van der Waals surface area contributed by atoms with Gasteiger partial charge in [0.05, 0.1) is 5.69 Å². The summed E-state index contributed by atoms with van der Waals surface area (Å²) in [7, 11) is 1.94. The van der Waals surface area contributed by atoms with Gasteiger partial charge in [0.1, 0.15) is 0 Å². The number of hydrogen-bond donors (Lipinski definition) is 1. The number of aryl methyl sites for hydroxylation is 1. The van der Waals surface area contributed by atoms with Crippen LogP contribution in [0.5, 0.6) is 0 Å². The van der Waals surface area contributed by atoms with Crippen LogP contribution < -0.4 is 5.32 Å². The molecule has 2 fully saturated rings. The summed E-state index contributed by atoms with van der Waals surface area (Å²) >= 11 is 0. The highest BCUT2D eigenvalue weighted by molar-refractivity contribution is 5.00. The van der Waals surface area contributed by atoms with Gasteiger partial charge in [-0.1, -0.05) is 24.5 Å². The van der Waals surface area contributed by atoms with E-state index in [0.29, 0.717) is 6.04 Å².